The summed E-state index contributed by atoms with van der Waals surface area (Å²) < 4.78 is 10.6. The van der Waals surface area contributed by atoms with Crippen LogP contribution in [0, 0.1) is 0 Å². The normalized spacial score (nSPS) is 12.3. The van der Waals surface area contributed by atoms with Gasteiger partial charge < -0.3 is 25.8 Å². The number of methoxy groups -OCH3 is 1. The average molecular weight is 265 g/mol. The second kappa shape index (κ2) is 7.15. The molecule has 0 aromatic heterocycles. The Morgan fingerprint density at radius 3 is 2.74 bits per heavy atom. The number of anilines is 1. The van der Waals surface area contributed by atoms with Gasteiger partial charge in [-0.05, 0) is 12.1 Å². The van der Waals surface area contributed by atoms with E-state index in [4.69, 9.17) is 15.2 Å². The number of primary amides is 1. The van der Waals surface area contributed by atoms with Crippen molar-refractivity contribution in [3.05, 3.63) is 30.0 Å². The van der Waals surface area contributed by atoms with Crippen molar-refractivity contribution in [2.24, 2.45) is 5.73 Å². The molecule has 6 nitrogen and oxygen atoms in total. The molecule has 19 heavy (non-hydrogen) atoms. The molecular formula is C13H19N3O3. The maximum atomic E-state index is 10.7. The van der Waals surface area contributed by atoms with Gasteiger partial charge in [0.15, 0.2) is 6.73 Å². The highest BCUT2D eigenvalue weighted by Crippen LogP contribution is 2.30. The fraction of sp³-hybridized carbons (Fsp3) is 0.308. The summed E-state index contributed by atoms with van der Waals surface area (Å²) in [7, 11) is 1.55. The molecule has 4 N–H and O–H groups in total. The lowest BCUT2D eigenvalue weighted by Crippen LogP contribution is -2.19. The molecule has 2 rings (SSSR count). The highest BCUT2D eigenvalue weighted by atomic mass is 16.5. The fourth-order valence-electron chi connectivity index (χ4n) is 1.57. The molecule has 1 heterocycles. The van der Waals surface area contributed by atoms with Crippen LogP contribution in [0.25, 0.3) is 5.76 Å². The number of nitrogens with one attached hydrogen (secondary N) is 2. The molecule has 6 heteroatoms. The highest BCUT2D eigenvalue weighted by Gasteiger charge is 2.14. The maximum absolute atomic E-state index is 10.7. The van der Waals surface area contributed by atoms with Gasteiger partial charge in [-0.1, -0.05) is 13.8 Å². The molecule has 1 aromatic rings. The number of carbonyl (C=O) groups is 1. The van der Waals surface area contributed by atoms with Crippen LogP contribution in [0.4, 0.5) is 10.5 Å². The topological polar surface area (TPSA) is 85.6 Å². The van der Waals surface area contributed by atoms with Gasteiger partial charge in [0.05, 0.1) is 12.7 Å². The number of carbonyl (C=O) groups excluding carboxylic acids is 1. The summed E-state index contributed by atoms with van der Waals surface area (Å²) >= 11 is 0. The van der Waals surface area contributed by atoms with Gasteiger partial charge in [0, 0.05) is 18.0 Å². The van der Waals surface area contributed by atoms with E-state index in [0.29, 0.717) is 23.9 Å². The molecule has 0 radical (unpaired) electrons. The summed E-state index contributed by atoms with van der Waals surface area (Å²) in [6.07, 6.45) is 1.76. The number of hydrogen-bond acceptors (Lipinski definition) is 4. The van der Waals surface area contributed by atoms with Crippen LogP contribution >= 0.6 is 0 Å². The predicted molar refractivity (Wildman–Crippen MR) is 74.6 cm³/mol. The zero-order valence-corrected chi connectivity index (χ0v) is 11.3. The van der Waals surface area contributed by atoms with Gasteiger partial charge in [-0.2, -0.15) is 0 Å². The van der Waals surface area contributed by atoms with Crippen LogP contribution in [0.1, 0.15) is 19.4 Å². The van der Waals surface area contributed by atoms with Gasteiger partial charge in [0.2, 0.25) is 0 Å². The standard InChI is InChI=1S/C11H13N3O3.C2H6/c1-16-9-4-7(14-11(12)15)2-3-8(9)10-5-13-6-17-10;1-2/h2-5,13H,6H2,1H3,(H3,12,14,15);1-2H3. The maximum Gasteiger partial charge on any atom is 0.316 e. The smallest absolute Gasteiger partial charge is 0.316 e. The molecule has 0 atom stereocenters. The van der Waals surface area contributed by atoms with E-state index in [1.807, 2.05) is 13.8 Å². The number of urea groups is 1. The summed E-state index contributed by atoms with van der Waals surface area (Å²) in [5.41, 5.74) is 6.43. The van der Waals surface area contributed by atoms with Gasteiger partial charge in [-0.15, -0.1) is 0 Å². The van der Waals surface area contributed by atoms with Crippen LogP contribution in [0.5, 0.6) is 5.75 Å². The zero-order valence-electron chi connectivity index (χ0n) is 11.3. The van der Waals surface area contributed by atoms with Crippen molar-refractivity contribution in [3.63, 3.8) is 0 Å². The van der Waals surface area contributed by atoms with Gasteiger partial charge in [0.1, 0.15) is 11.5 Å². The molecule has 0 unspecified atom stereocenters. The first kappa shape index (κ1) is 14.7. The highest BCUT2D eigenvalue weighted by molar-refractivity contribution is 5.88. The minimum atomic E-state index is -0.613. The predicted octanol–water partition coefficient (Wildman–Crippen LogP) is 2.09. The SMILES string of the molecule is CC.COc1cc(NC(N)=O)ccc1C1=CNCO1. The van der Waals surface area contributed by atoms with E-state index in [2.05, 4.69) is 10.6 Å². The Balaban J connectivity index is 0.000000861. The van der Waals surface area contributed by atoms with E-state index in [1.165, 1.54) is 0 Å². The summed E-state index contributed by atoms with van der Waals surface area (Å²) in [6, 6.07) is 4.59. The van der Waals surface area contributed by atoms with E-state index in [-0.39, 0.29) is 0 Å². The molecule has 1 aliphatic rings. The van der Waals surface area contributed by atoms with Crippen molar-refractivity contribution in [2.75, 3.05) is 19.2 Å². The Kier molecular flexibility index (Phi) is 5.53. The molecule has 0 saturated carbocycles. The van der Waals surface area contributed by atoms with Gasteiger partial charge in [0.25, 0.3) is 0 Å². The van der Waals surface area contributed by atoms with Crippen LogP contribution in [-0.2, 0) is 4.74 Å². The van der Waals surface area contributed by atoms with E-state index >= 15 is 0 Å². The van der Waals surface area contributed by atoms with Crippen molar-refractivity contribution in [1.29, 1.82) is 0 Å². The first-order valence-electron chi connectivity index (χ1n) is 6.02. The summed E-state index contributed by atoms with van der Waals surface area (Å²) in [5.74, 6) is 1.30. The van der Waals surface area contributed by atoms with Gasteiger partial charge >= 0.3 is 6.03 Å². The molecule has 0 aliphatic carbocycles. The third kappa shape index (κ3) is 3.80. The molecule has 0 fully saturated rings. The number of nitrogens with two attached hydrogens (primary N) is 1. The van der Waals surface area contributed by atoms with Crippen molar-refractivity contribution >= 4 is 17.5 Å². The molecule has 2 amide bonds. The second-order valence-electron chi connectivity index (χ2n) is 3.41. The van der Waals surface area contributed by atoms with E-state index in [9.17, 15) is 4.79 Å². The Bertz CT molecular complexity index is 472. The number of rotatable bonds is 3. The van der Waals surface area contributed by atoms with Crippen LogP contribution in [-0.4, -0.2) is 19.9 Å². The lowest BCUT2D eigenvalue weighted by Gasteiger charge is -2.11. The molecule has 0 spiro atoms. The molecule has 0 saturated heterocycles. The molecular weight excluding hydrogens is 246 g/mol. The van der Waals surface area contributed by atoms with Crippen LogP contribution < -0.4 is 21.1 Å². The summed E-state index contributed by atoms with van der Waals surface area (Å²) in [6.45, 7) is 4.44. The van der Waals surface area contributed by atoms with Crippen molar-refractivity contribution in [1.82, 2.24) is 5.32 Å². The van der Waals surface area contributed by atoms with E-state index in [0.717, 1.165) is 5.56 Å². The largest absolute Gasteiger partial charge is 0.496 e. The number of ether oxygens (including phenoxy) is 2. The van der Waals surface area contributed by atoms with Gasteiger partial charge in [-0.3, -0.25) is 0 Å². The second-order valence-corrected chi connectivity index (χ2v) is 3.41. The number of amides is 2. The van der Waals surface area contributed by atoms with Crippen LogP contribution in [0.2, 0.25) is 0 Å². The molecule has 1 aliphatic heterocycles. The Morgan fingerprint density at radius 2 is 2.21 bits per heavy atom. The minimum absolute atomic E-state index is 0.444. The third-order valence-corrected chi connectivity index (χ3v) is 2.28. The molecule has 104 valence electrons. The molecule has 0 bridgehead atoms. The number of hydrogen-bond donors (Lipinski definition) is 3. The van der Waals surface area contributed by atoms with Gasteiger partial charge in [-0.25, -0.2) is 4.79 Å². The Morgan fingerprint density at radius 1 is 1.47 bits per heavy atom. The fourth-order valence-corrected chi connectivity index (χ4v) is 1.57. The van der Waals surface area contributed by atoms with E-state index < -0.39 is 6.03 Å². The van der Waals surface area contributed by atoms with Crippen LogP contribution in [0.15, 0.2) is 24.4 Å². The monoisotopic (exact) mass is 265 g/mol. The summed E-state index contributed by atoms with van der Waals surface area (Å²) in [4.78, 5) is 10.7. The zero-order chi connectivity index (χ0) is 14.3. The third-order valence-electron chi connectivity index (χ3n) is 2.28. The first-order valence-corrected chi connectivity index (χ1v) is 6.02. The summed E-state index contributed by atoms with van der Waals surface area (Å²) in [5, 5.41) is 5.42. The van der Waals surface area contributed by atoms with Crippen LogP contribution in [0.3, 0.4) is 0 Å². The van der Waals surface area contributed by atoms with E-state index in [1.54, 1.807) is 31.5 Å². The molecule has 1 aromatic carbocycles. The minimum Gasteiger partial charge on any atom is -0.496 e. The van der Waals surface area contributed by atoms with Crippen molar-refractivity contribution < 1.29 is 14.3 Å². The lowest BCUT2D eigenvalue weighted by molar-refractivity contribution is 0.259. The lowest BCUT2D eigenvalue weighted by atomic mass is 10.1. The quantitative estimate of drug-likeness (QED) is 0.781. The number of benzene rings is 1. The van der Waals surface area contributed by atoms with Crippen molar-refractivity contribution in [2.45, 2.75) is 13.8 Å². The Labute approximate surface area is 112 Å². The Hall–Kier alpha value is -2.37. The van der Waals surface area contributed by atoms with Crippen molar-refractivity contribution in [3.8, 4) is 5.75 Å². The average Bonchev–Trinajstić information content (AvgIpc) is 2.94. The first-order chi connectivity index (χ1) is 9.20.